The smallest absolute Gasteiger partial charge is 0.253 e. The van der Waals surface area contributed by atoms with Gasteiger partial charge in [0.15, 0.2) is 0 Å². The number of hydrogen-bond donors (Lipinski definition) is 2. The number of hydrogen-bond acceptors (Lipinski definition) is 4. The maximum Gasteiger partial charge on any atom is 0.253 e. The van der Waals surface area contributed by atoms with Gasteiger partial charge in [-0.25, -0.2) is 0 Å². The van der Waals surface area contributed by atoms with Crippen molar-refractivity contribution in [3.05, 3.63) is 47.7 Å². The molecule has 0 saturated carbocycles. The van der Waals surface area contributed by atoms with Gasteiger partial charge in [0.05, 0.1) is 19.4 Å². The minimum atomic E-state index is -1.80. The second-order valence-corrected chi connectivity index (χ2v) is 3.91. The van der Waals surface area contributed by atoms with Gasteiger partial charge in [0.25, 0.3) is 11.9 Å². The lowest BCUT2D eigenvalue weighted by atomic mass is 10.3. The molecule has 9 heteroatoms. The number of carbonyl (C=O) groups is 1. The van der Waals surface area contributed by atoms with Gasteiger partial charge in [0.2, 0.25) is 17.5 Å². The lowest BCUT2D eigenvalue weighted by Crippen LogP contribution is -2.30. The Kier molecular flexibility index (Phi) is 4.41. The molecule has 0 spiro atoms. The molecule has 2 aromatic rings. The lowest BCUT2D eigenvalue weighted by Gasteiger charge is -2.09. The van der Waals surface area contributed by atoms with E-state index in [9.17, 15) is 22.4 Å². The topological polar surface area (TPSA) is 67.2 Å². The molecule has 0 aliphatic rings. The molecule has 0 fully saturated rings. The predicted molar refractivity (Wildman–Crippen MR) is 63.1 cm³/mol. The van der Waals surface area contributed by atoms with Crippen LogP contribution in [-0.2, 0) is 11.3 Å². The molecule has 0 atom stereocenters. The Labute approximate surface area is 116 Å². The zero-order valence-corrected chi connectivity index (χ0v) is 10.4. The molecule has 0 radical (unpaired) electrons. The fraction of sp³-hybridized carbons (Fsp3) is 0.167. The van der Waals surface area contributed by atoms with Gasteiger partial charge in [0.1, 0.15) is 11.4 Å². The molecule has 2 rings (SSSR count). The van der Waals surface area contributed by atoms with E-state index >= 15 is 0 Å². The van der Waals surface area contributed by atoms with E-state index in [2.05, 4.69) is 10.3 Å². The number of anilines is 1. The number of carbonyl (C=O) groups excluding carboxylic acids is 1. The Bertz CT molecular complexity index is 620. The summed E-state index contributed by atoms with van der Waals surface area (Å²) in [4.78, 5) is 13.8. The van der Waals surface area contributed by atoms with Crippen molar-refractivity contribution in [1.82, 2.24) is 10.3 Å². The SMILES string of the molecule is O=C(CNc1c(F)c(F)nc(F)c1F)NCc1ccco1. The second-order valence-electron chi connectivity index (χ2n) is 3.91. The van der Waals surface area contributed by atoms with Crippen LogP contribution in [0.15, 0.2) is 22.8 Å². The highest BCUT2D eigenvalue weighted by molar-refractivity contribution is 5.80. The summed E-state index contributed by atoms with van der Waals surface area (Å²) in [6.07, 6.45) is 1.41. The van der Waals surface area contributed by atoms with E-state index in [4.69, 9.17) is 4.42 Å². The van der Waals surface area contributed by atoms with Crippen molar-refractivity contribution in [2.75, 3.05) is 11.9 Å². The molecule has 2 aromatic heterocycles. The van der Waals surface area contributed by atoms with Crippen molar-refractivity contribution >= 4 is 11.6 Å². The van der Waals surface area contributed by atoms with Crippen molar-refractivity contribution in [2.24, 2.45) is 0 Å². The number of nitrogens with zero attached hydrogens (tertiary/aromatic N) is 1. The van der Waals surface area contributed by atoms with Crippen LogP contribution in [0.25, 0.3) is 0 Å². The maximum absolute atomic E-state index is 13.2. The Hall–Kier alpha value is -2.58. The summed E-state index contributed by atoms with van der Waals surface area (Å²) < 4.78 is 57.1. The molecular weight excluding hydrogens is 294 g/mol. The summed E-state index contributed by atoms with van der Waals surface area (Å²) >= 11 is 0. The Morgan fingerprint density at radius 1 is 1.19 bits per heavy atom. The zero-order chi connectivity index (χ0) is 15.4. The predicted octanol–water partition coefficient (Wildman–Crippen LogP) is 1.96. The minimum Gasteiger partial charge on any atom is -0.467 e. The first-order valence-electron chi connectivity index (χ1n) is 5.72. The summed E-state index contributed by atoms with van der Waals surface area (Å²) in [5.41, 5.74) is -1.09. The van der Waals surface area contributed by atoms with Crippen molar-refractivity contribution < 1.29 is 26.8 Å². The van der Waals surface area contributed by atoms with E-state index < -0.39 is 41.7 Å². The Morgan fingerprint density at radius 2 is 1.86 bits per heavy atom. The van der Waals surface area contributed by atoms with E-state index in [1.54, 1.807) is 12.1 Å². The molecule has 0 aliphatic carbocycles. The highest BCUT2D eigenvalue weighted by Gasteiger charge is 2.20. The van der Waals surface area contributed by atoms with Crippen molar-refractivity contribution in [2.45, 2.75) is 6.54 Å². The van der Waals surface area contributed by atoms with Gasteiger partial charge in [-0.1, -0.05) is 0 Å². The Morgan fingerprint density at radius 3 is 2.43 bits per heavy atom. The van der Waals surface area contributed by atoms with E-state index in [0.29, 0.717) is 5.76 Å². The standard InChI is InChI=1S/C12H9F4N3O2/c13-8-10(9(14)12(16)19-11(8)15)18-5-7(20)17-4-6-2-1-3-21-6/h1-3H,4-5H2,(H,17,20)(H,18,19). The van der Waals surface area contributed by atoms with Gasteiger partial charge in [-0.15, -0.1) is 0 Å². The average Bonchev–Trinajstić information content (AvgIpc) is 2.96. The average molecular weight is 303 g/mol. The zero-order valence-electron chi connectivity index (χ0n) is 10.4. The number of furan rings is 1. The number of pyridine rings is 1. The largest absolute Gasteiger partial charge is 0.467 e. The molecular formula is C12H9F4N3O2. The van der Waals surface area contributed by atoms with Crippen LogP contribution >= 0.6 is 0 Å². The quantitative estimate of drug-likeness (QED) is 0.654. The van der Waals surface area contributed by atoms with E-state index in [-0.39, 0.29) is 6.54 Å². The third kappa shape index (κ3) is 3.50. The van der Waals surface area contributed by atoms with Crippen LogP contribution in [0.5, 0.6) is 0 Å². The van der Waals surface area contributed by atoms with E-state index in [1.165, 1.54) is 6.26 Å². The lowest BCUT2D eigenvalue weighted by molar-refractivity contribution is -0.119. The monoisotopic (exact) mass is 303 g/mol. The normalized spacial score (nSPS) is 10.5. The molecule has 0 saturated heterocycles. The van der Waals surface area contributed by atoms with Crippen LogP contribution in [0.2, 0.25) is 0 Å². The van der Waals surface area contributed by atoms with Crippen molar-refractivity contribution in [3.63, 3.8) is 0 Å². The number of rotatable bonds is 5. The van der Waals surface area contributed by atoms with Crippen LogP contribution in [0, 0.1) is 23.5 Å². The number of amides is 1. The fourth-order valence-corrected chi connectivity index (χ4v) is 1.47. The first-order valence-corrected chi connectivity index (χ1v) is 5.72. The van der Waals surface area contributed by atoms with Crippen LogP contribution in [-0.4, -0.2) is 17.4 Å². The Balaban J connectivity index is 1.95. The van der Waals surface area contributed by atoms with Gasteiger partial charge in [-0.2, -0.15) is 22.5 Å². The molecule has 1 amide bonds. The molecule has 0 aliphatic heterocycles. The van der Waals surface area contributed by atoms with Gasteiger partial charge in [-0.3, -0.25) is 4.79 Å². The third-order valence-electron chi connectivity index (χ3n) is 2.46. The minimum absolute atomic E-state index is 0.0670. The summed E-state index contributed by atoms with van der Waals surface area (Å²) in [6, 6.07) is 3.23. The number of aromatic nitrogens is 1. The summed E-state index contributed by atoms with van der Waals surface area (Å²) in [7, 11) is 0. The third-order valence-corrected chi connectivity index (χ3v) is 2.46. The van der Waals surface area contributed by atoms with Crippen LogP contribution in [0.3, 0.4) is 0 Å². The summed E-state index contributed by atoms with van der Waals surface area (Å²) in [5.74, 6) is -7.18. The number of halogens is 4. The van der Waals surface area contributed by atoms with Crippen LogP contribution < -0.4 is 10.6 Å². The van der Waals surface area contributed by atoms with E-state index in [0.717, 1.165) is 0 Å². The first-order chi connectivity index (χ1) is 9.99. The second kappa shape index (κ2) is 6.25. The van der Waals surface area contributed by atoms with Gasteiger partial charge in [-0.05, 0) is 12.1 Å². The van der Waals surface area contributed by atoms with Crippen LogP contribution in [0.4, 0.5) is 23.2 Å². The molecule has 21 heavy (non-hydrogen) atoms. The fourth-order valence-electron chi connectivity index (χ4n) is 1.47. The van der Waals surface area contributed by atoms with Gasteiger partial charge in [0, 0.05) is 0 Å². The van der Waals surface area contributed by atoms with Crippen molar-refractivity contribution in [3.8, 4) is 0 Å². The molecule has 2 heterocycles. The highest BCUT2D eigenvalue weighted by atomic mass is 19.2. The highest BCUT2D eigenvalue weighted by Crippen LogP contribution is 2.21. The summed E-state index contributed by atoms with van der Waals surface area (Å²) in [6.45, 7) is -0.519. The van der Waals surface area contributed by atoms with Gasteiger partial charge >= 0.3 is 0 Å². The molecule has 0 aromatic carbocycles. The first kappa shape index (κ1) is 14.8. The molecule has 112 valence electrons. The van der Waals surface area contributed by atoms with Crippen LogP contribution in [0.1, 0.15) is 5.76 Å². The van der Waals surface area contributed by atoms with Crippen molar-refractivity contribution in [1.29, 1.82) is 0 Å². The molecule has 2 N–H and O–H groups in total. The maximum atomic E-state index is 13.2. The summed E-state index contributed by atoms with van der Waals surface area (Å²) in [5, 5.41) is 4.36. The number of nitrogens with one attached hydrogen (secondary N) is 2. The molecule has 0 bridgehead atoms. The molecule has 5 nitrogen and oxygen atoms in total. The van der Waals surface area contributed by atoms with Gasteiger partial charge < -0.3 is 15.1 Å². The van der Waals surface area contributed by atoms with E-state index in [1.807, 2.05) is 5.32 Å². The molecule has 0 unspecified atom stereocenters.